The molecule has 0 aliphatic carbocycles. The van der Waals surface area contributed by atoms with Crippen molar-refractivity contribution in [2.45, 2.75) is 26.7 Å². The zero-order chi connectivity index (χ0) is 17.9. The second kappa shape index (κ2) is 10.6. The lowest BCUT2D eigenvalue weighted by atomic mass is 10.1. The molecular formula is C20H26N2O2S. The lowest BCUT2D eigenvalue weighted by Crippen LogP contribution is -2.29. The number of ether oxygens (including phenoxy) is 2. The Balaban J connectivity index is 1.72. The molecule has 0 aliphatic rings. The summed E-state index contributed by atoms with van der Waals surface area (Å²) in [6.45, 7) is 6.13. The standard InChI is InChI=1S/C20H26N2O2S/c1-3-23-18-13-11-17(12-14-18)22-20(25)21-15-7-9-16-8-5-6-10-19(16)24-4-2/h5-6,8,10-14H,3-4,7,9,15H2,1-2H3,(H2,21,22,25). The number of hydrogen-bond acceptors (Lipinski definition) is 3. The Morgan fingerprint density at radius 1 is 0.960 bits per heavy atom. The predicted octanol–water partition coefficient (Wildman–Crippen LogP) is 4.40. The van der Waals surface area contributed by atoms with Crippen LogP contribution < -0.4 is 20.1 Å². The molecule has 25 heavy (non-hydrogen) atoms. The van der Waals surface area contributed by atoms with E-state index in [1.165, 1.54) is 5.56 Å². The minimum absolute atomic E-state index is 0.627. The van der Waals surface area contributed by atoms with Crippen molar-refractivity contribution in [2.75, 3.05) is 25.1 Å². The molecule has 0 heterocycles. The summed E-state index contributed by atoms with van der Waals surface area (Å²) < 4.78 is 11.1. The van der Waals surface area contributed by atoms with Crippen molar-refractivity contribution in [1.82, 2.24) is 5.32 Å². The first kappa shape index (κ1) is 19.1. The van der Waals surface area contributed by atoms with E-state index in [-0.39, 0.29) is 0 Å². The minimum atomic E-state index is 0.627. The van der Waals surface area contributed by atoms with Crippen molar-refractivity contribution in [3.8, 4) is 11.5 Å². The van der Waals surface area contributed by atoms with Gasteiger partial charge in [-0.2, -0.15) is 0 Å². The van der Waals surface area contributed by atoms with E-state index in [1.807, 2.05) is 56.3 Å². The number of nitrogens with one attached hydrogen (secondary N) is 2. The average molecular weight is 359 g/mol. The SMILES string of the molecule is CCOc1ccc(NC(=S)NCCCc2ccccc2OCC)cc1. The van der Waals surface area contributed by atoms with Crippen molar-refractivity contribution < 1.29 is 9.47 Å². The molecule has 0 amide bonds. The zero-order valence-electron chi connectivity index (χ0n) is 14.9. The first-order valence-corrected chi connectivity index (χ1v) is 9.12. The van der Waals surface area contributed by atoms with Crippen molar-refractivity contribution >= 4 is 23.0 Å². The molecular weight excluding hydrogens is 332 g/mol. The molecule has 0 unspecified atom stereocenters. The van der Waals surface area contributed by atoms with Gasteiger partial charge < -0.3 is 20.1 Å². The van der Waals surface area contributed by atoms with E-state index in [0.29, 0.717) is 18.3 Å². The van der Waals surface area contributed by atoms with Gasteiger partial charge in [-0.3, -0.25) is 0 Å². The molecule has 0 bridgehead atoms. The van der Waals surface area contributed by atoms with Crippen molar-refractivity contribution in [2.24, 2.45) is 0 Å². The van der Waals surface area contributed by atoms with Crippen LogP contribution in [0.1, 0.15) is 25.8 Å². The Bertz CT molecular complexity index is 659. The highest BCUT2D eigenvalue weighted by Crippen LogP contribution is 2.19. The van der Waals surface area contributed by atoms with Crippen LogP contribution in [0.2, 0.25) is 0 Å². The van der Waals surface area contributed by atoms with Gasteiger partial charge in [0.2, 0.25) is 0 Å². The van der Waals surface area contributed by atoms with Crippen LogP contribution in [0, 0.1) is 0 Å². The van der Waals surface area contributed by atoms with Gasteiger partial charge in [-0.05, 0) is 74.8 Å². The van der Waals surface area contributed by atoms with E-state index in [4.69, 9.17) is 21.7 Å². The van der Waals surface area contributed by atoms with Gasteiger partial charge in [0.1, 0.15) is 11.5 Å². The number of thiocarbonyl (C=S) groups is 1. The summed E-state index contributed by atoms with van der Waals surface area (Å²) >= 11 is 5.34. The van der Waals surface area contributed by atoms with Crippen LogP contribution in [0.5, 0.6) is 11.5 Å². The van der Waals surface area contributed by atoms with E-state index in [9.17, 15) is 0 Å². The molecule has 134 valence electrons. The highest BCUT2D eigenvalue weighted by atomic mass is 32.1. The highest BCUT2D eigenvalue weighted by molar-refractivity contribution is 7.80. The van der Waals surface area contributed by atoms with Gasteiger partial charge >= 0.3 is 0 Å². The summed E-state index contributed by atoms with van der Waals surface area (Å²) in [4.78, 5) is 0. The van der Waals surface area contributed by atoms with Gasteiger partial charge in [0, 0.05) is 12.2 Å². The first-order chi connectivity index (χ1) is 12.2. The molecule has 0 saturated heterocycles. The quantitative estimate of drug-likeness (QED) is 0.514. The maximum Gasteiger partial charge on any atom is 0.170 e. The van der Waals surface area contributed by atoms with Crippen LogP contribution in [0.4, 0.5) is 5.69 Å². The van der Waals surface area contributed by atoms with Crippen LogP contribution >= 0.6 is 12.2 Å². The third-order valence-corrected chi connectivity index (χ3v) is 3.85. The third kappa shape index (κ3) is 6.63. The minimum Gasteiger partial charge on any atom is -0.494 e. The number of para-hydroxylation sites is 1. The zero-order valence-corrected chi connectivity index (χ0v) is 15.7. The second-order valence-corrected chi connectivity index (χ2v) is 5.89. The van der Waals surface area contributed by atoms with Crippen molar-refractivity contribution in [3.05, 3.63) is 54.1 Å². The maximum atomic E-state index is 5.65. The Hall–Kier alpha value is -2.27. The average Bonchev–Trinajstić information content (AvgIpc) is 2.62. The fraction of sp³-hybridized carbons (Fsp3) is 0.350. The van der Waals surface area contributed by atoms with E-state index in [2.05, 4.69) is 16.7 Å². The second-order valence-electron chi connectivity index (χ2n) is 5.48. The summed E-state index contributed by atoms with van der Waals surface area (Å²) in [6, 6.07) is 15.9. The van der Waals surface area contributed by atoms with Gasteiger partial charge in [0.15, 0.2) is 5.11 Å². The molecule has 0 saturated carbocycles. The molecule has 4 nitrogen and oxygen atoms in total. The third-order valence-electron chi connectivity index (χ3n) is 3.60. The van der Waals surface area contributed by atoms with Gasteiger partial charge in [0.25, 0.3) is 0 Å². The Kier molecular flexibility index (Phi) is 8.05. The lowest BCUT2D eigenvalue weighted by molar-refractivity contribution is 0.336. The summed E-state index contributed by atoms with van der Waals surface area (Å²) in [7, 11) is 0. The summed E-state index contributed by atoms with van der Waals surface area (Å²) in [6.07, 6.45) is 1.93. The summed E-state index contributed by atoms with van der Waals surface area (Å²) in [5, 5.41) is 7.05. The number of anilines is 1. The van der Waals surface area contributed by atoms with Crippen LogP contribution in [-0.2, 0) is 6.42 Å². The monoisotopic (exact) mass is 358 g/mol. The largest absolute Gasteiger partial charge is 0.494 e. The molecule has 0 fully saturated rings. The summed E-state index contributed by atoms with van der Waals surface area (Å²) in [5.41, 5.74) is 2.18. The van der Waals surface area contributed by atoms with Crippen LogP contribution in [0.3, 0.4) is 0 Å². The molecule has 2 rings (SSSR count). The Morgan fingerprint density at radius 3 is 2.40 bits per heavy atom. The predicted molar refractivity (Wildman–Crippen MR) is 108 cm³/mol. The summed E-state index contributed by atoms with van der Waals surface area (Å²) in [5.74, 6) is 1.83. The Labute approximate surface area is 155 Å². The van der Waals surface area contributed by atoms with Crippen LogP contribution in [0.25, 0.3) is 0 Å². The van der Waals surface area contributed by atoms with Gasteiger partial charge in [-0.25, -0.2) is 0 Å². The van der Waals surface area contributed by atoms with Gasteiger partial charge in [-0.1, -0.05) is 18.2 Å². The fourth-order valence-electron chi connectivity index (χ4n) is 2.46. The molecule has 0 atom stereocenters. The van der Waals surface area contributed by atoms with E-state index in [0.717, 1.165) is 36.6 Å². The van der Waals surface area contributed by atoms with Crippen molar-refractivity contribution in [3.63, 3.8) is 0 Å². The van der Waals surface area contributed by atoms with Gasteiger partial charge in [-0.15, -0.1) is 0 Å². The fourth-order valence-corrected chi connectivity index (χ4v) is 2.68. The van der Waals surface area contributed by atoms with E-state index < -0.39 is 0 Å². The van der Waals surface area contributed by atoms with Crippen LogP contribution in [-0.4, -0.2) is 24.9 Å². The maximum absolute atomic E-state index is 5.65. The molecule has 0 radical (unpaired) electrons. The van der Waals surface area contributed by atoms with Crippen molar-refractivity contribution in [1.29, 1.82) is 0 Å². The molecule has 2 N–H and O–H groups in total. The smallest absolute Gasteiger partial charge is 0.170 e. The highest BCUT2D eigenvalue weighted by Gasteiger charge is 2.03. The lowest BCUT2D eigenvalue weighted by Gasteiger charge is -2.12. The molecule has 0 aromatic heterocycles. The molecule has 2 aromatic rings. The Morgan fingerprint density at radius 2 is 1.68 bits per heavy atom. The number of benzene rings is 2. The number of hydrogen-bond donors (Lipinski definition) is 2. The molecule has 0 aliphatic heterocycles. The first-order valence-electron chi connectivity index (χ1n) is 8.71. The molecule has 0 spiro atoms. The van der Waals surface area contributed by atoms with E-state index >= 15 is 0 Å². The number of rotatable bonds is 9. The van der Waals surface area contributed by atoms with Crippen LogP contribution in [0.15, 0.2) is 48.5 Å². The molecule has 5 heteroatoms. The van der Waals surface area contributed by atoms with Gasteiger partial charge in [0.05, 0.1) is 13.2 Å². The molecule has 2 aromatic carbocycles. The number of aryl methyl sites for hydroxylation is 1. The topological polar surface area (TPSA) is 42.5 Å². The van der Waals surface area contributed by atoms with E-state index in [1.54, 1.807) is 0 Å². The normalized spacial score (nSPS) is 10.2.